The second kappa shape index (κ2) is 6.89. The number of furan rings is 1. The molecule has 0 spiro atoms. The van der Waals surface area contributed by atoms with Crippen LogP contribution in [0, 0.1) is 0 Å². The molecule has 1 aromatic carbocycles. The molecule has 0 aliphatic carbocycles. The Morgan fingerprint density at radius 3 is 2.67 bits per heavy atom. The van der Waals surface area contributed by atoms with Gasteiger partial charge in [-0.3, -0.25) is 0 Å². The van der Waals surface area contributed by atoms with E-state index in [1.807, 2.05) is 20.0 Å². The second-order valence-corrected chi connectivity index (χ2v) is 6.63. The van der Waals surface area contributed by atoms with Gasteiger partial charge in [0.1, 0.15) is 5.76 Å². The topological polar surface area (TPSA) is 62.6 Å². The highest BCUT2D eigenvalue weighted by Crippen LogP contribution is 2.19. The molecule has 5 nitrogen and oxygen atoms in total. The van der Waals surface area contributed by atoms with Crippen LogP contribution in [0.3, 0.4) is 0 Å². The summed E-state index contributed by atoms with van der Waals surface area (Å²) in [7, 11) is -1.69. The number of sulfonamides is 1. The number of benzene rings is 1. The summed E-state index contributed by atoms with van der Waals surface area (Å²) in [5.74, 6) is 0.631. The highest BCUT2D eigenvalue weighted by atomic mass is 32.2. The second-order valence-electron chi connectivity index (χ2n) is 4.69. The van der Waals surface area contributed by atoms with Gasteiger partial charge in [0.05, 0.1) is 17.7 Å². The zero-order chi connectivity index (χ0) is 15.3. The zero-order valence-electron chi connectivity index (χ0n) is 12.2. The molecule has 21 heavy (non-hydrogen) atoms. The lowest BCUT2D eigenvalue weighted by Gasteiger charge is -2.19. The number of hydrogen-bond acceptors (Lipinski definition) is 4. The summed E-state index contributed by atoms with van der Waals surface area (Å²) in [5, 5.41) is 3.02. The zero-order valence-corrected chi connectivity index (χ0v) is 13.1. The average Bonchev–Trinajstić information content (AvgIpc) is 2.98. The van der Waals surface area contributed by atoms with Crippen molar-refractivity contribution in [2.24, 2.45) is 0 Å². The van der Waals surface area contributed by atoms with Crippen LogP contribution >= 0.6 is 0 Å². The Morgan fingerprint density at radius 1 is 1.24 bits per heavy atom. The van der Waals surface area contributed by atoms with Gasteiger partial charge in [0.2, 0.25) is 10.0 Å². The van der Waals surface area contributed by atoms with E-state index in [1.165, 1.54) is 4.31 Å². The van der Waals surface area contributed by atoms with Gasteiger partial charge in [0.25, 0.3) is 0 Å². The van der Waals surface area contributed by atoms with Crippen LogP contribution in [-0.2, 0) is 23.1 Å². The Kier molecular flexibility index (Phi) is 5.17. The minimum atomic E-state index is -3.52. The van der Waals surface area contributed by atoms with Crippen LogP contribution in [0.4, 0.5) is 0 Å². The van der Waals surface area contributed by atoms with Crippen molar-refractivity contribution in [1.29, 1.82) is 0 Å². The monoisotopic (exact) mass is 308 g/mol. The van der Waals surface area contributed by atoms with E-state index in [9.17, 15) is 8.42 Å². The molecule has 0 atom stereocenters. The fourth-order valence-corrected chi connectivity index (χ4v) is 3.60. The molecule has 1 heterocycles. The highest BCUT2D eigenvalue weighted by molar-refractivity contribution is 7.89. The van der Waals surface area contributed by atoms with E-state index >= 15 is 0 Å². The van der Waals surface area contributed by atoms with Crippen molar-refractivity contribution in [3.8, 4) is 0 Å². The van der Waals surface area contributed by atoms with Gasteiger partial charge in [-0.1, -0.05) is 19.1 Å². The van der Waals surface area contributed by atoms with Crippen molar-refractivity contribution in [2.45, 2.75) is 24.9 Å². The summed E-state index contributed by atoms with van der Waals surface area (Å²) in [4.78, 5) is 0.309. The molecule has 1 aromatic heterocycles. The van der Waals surface area contributed by atoms with Crippen molar-refractivity contribution in [1.82, 2.24) is 9.62 Å². The van der Waals surface area contributed by atoms with Gasteiger partial charge in [0.15, 0.2) is 0 Å². The van der Waals surface area contributed by atoms with E-state index in [0.29, 0.717) is 23.7 Å². The Labute approximate surface area is 125 Å². The quantitative estimate of drug-likeness (QED) is 0.852. The Hall–Kier alpha value is -1.63. The van der Waals surface area contributed by atoms with Crippen LogP contribution in [0.25, 0.3) is 0 Å². The van der Waals surface area contributed by atoms with Crippen LogP contribution in [0.5, 0.6) is 0 Å². The van der Waals surface area contributed by atoms with Crippen LogP contribution in [-0.4, -0.2) is 26.3 Å². The molecule has 6 heteroatoms. The van der Waals surface area contributed by atoms with Gasteiger partial charge in [-0.25, -0.2) is 8.42 Å². The predicted octanol–water partition coefficient (Wildman–Crippen LogP) is 2.21. The first kappa shape index (κ1) is 15.8. The minimum Gasteiger partial charge on any atom is -0.468 e. The fraction of sp³-hybridized carbons (Fsp3) is 0.333. The minimum absolute atomic E-state index is 0.238. The van der Waals surface area contributed by atoms with Crippen molar-refractivity contribution < 1.29 is 12.8 Å². The first-order chi connectivity index (χ1) is 10.1. The lowest BCUT2D eigenvalue weighted by atomic mass is 10.2. The molecule has 0 aliphatic heterocycles. The van der Waals surface area contributed by atoms with Crippen LogP contribution in [0.1, 0.15) is 18.2 Å². The lowest BCUT2D eigenvalue weighted by molar-refractivity contribution is 0.375. The molecule has 0 saturated carbocycles. The van der Waals surface area contributed by atoms with Crippen molar-refractivity contribution in [3.05, 3.63) is 54.0 Å². The van der Waals surface area contributed by atoms with E-state index < -0.39 is 10.0 Å². The summed E-state index contributed by atoms with van der Waals surface area (Å²) in [6.07, 6.45) is 1.54. The summed E-state index contributed by atoms with van der Waals surface area (Å²) in [6.45, 7) is 3.08. The number of nitrogens with one attached hydrogen (secondary N) is 1. The Bertz CT molecular complexity index is 666. The SMILES string of the molecule is CCN(Cc1ccco1)S(=O)(=O)c1cccc(CNC)c1. The summed E-state index contributed by atoms with van der Waals surface area (Å²) >= 11 is 0. The van der Waals surface area contributed by atoms with E-state index in [2.05, 4.69) is 5.32 Å². The maximum absolute atomic E-state index is 12.7. The van der Waals surface area contributed by atoms with E-state index in [4.69, 9.17) is 4.42 Å². The Morgan fingerprint density at radius 2 is 2.05 bits per heavy atom. The summed E-state index contributed by atoms with van der Waals surface area (Å²) in [5.41, 5.74) is 0.938. The molecule has 0 amide bonds. The van der Waals surface area contributed by atoms with Crippen molar-refractivity contribution >= 4 is 10.0 Å². The molecular formula is C15H20N2O3S. The van der Waals surface area contributed by atoms with Crippen LogP contribution < -0.4 is 5.32 Å². The molecule has 0 bridgehead atoms. The van der Waals surface area contributed by atoms with Crippen molar-refractivity contribution in [2.75, 3.05) is 13.6 Å². The molecule has 0 saturated heterocycles. The largest absolute Gasteiger partial charge is 0.468 e. The molecular weight excluding hydrogens is 288 g/mol. The third kappa shape index (κ3) is 3.72. The summed E-state index contributed by atoms with van der Waals surface area (Å²) < 4.78 is 32.1. The number of hydrogen-bond donors (Lipinski definition) is 1. The standard InChI is InChI=1S/C15H20N2O3S/c1-3-17(12-14-7-5-9-20-14)21(18,19)15-8-4-6-13(10-15)11-16-2/h4-10,16H,3,11-12H2,1-2H3. The first-order valence-electron chi connectivity index (χ1n) is 6.84. The molecule has 0 fully saturated rings. The molecule has 0 radical (unpaired) electrons. The first-order valence-corrected chi connectivity index (χ1v) is 8.28. The third-order valence-electron chi connectivity index (χ3n) is 3.18. The molecule has 2 aromatic rings. The molecule has 114 valence electrons. The third-order valence-corrected chi connectivity index (χ3v) is 5.10. The maximum Gasteiger partial charge on any atom is 0.243 e. The number of rotatable bonds is 7. The van der Waals surface area contributed by atoms with Gasteiger partial charge in [0, 0.05) is 13.1 Å². The van der Waals surface area contributed by atoms with Crippen LogP contribution in [0.2, 0.25) is 0 Å². The van der Waals surface area contributed by atoms with Gasteiger partial charge in [-0.15, -0.1) is 0 Å². The lowest BCUT2D eigenvalue weighted by Crippen LogP contribution is -2.30. The van der Waals surface area contributed by atoms with Gasteiger partial charge in [-0.05, 0) is 36.9 Å². The molecule has 2 rings (SSSR count). The smallest absolute Gasteiger partial charge is 0.243 e. The van der Waals surface area contributed by atoms with Gasteiger partial charge in [-0.2, -0.15) is 4.31 Å². The maximum atomic E-state index is 12.7. The molecule has 0 aliphatic rings. The van der Waals surface area contributed by atoms with E-state index in [1.54, 1.807) is 36.6 Å². The van der Waals surface area contributed by atoms with Crippen LogP contribution in [0.15, 0.2) is 52.0 Å². The molecule has 1 N–H and O–H groups in total. The van der Waals surface area contributed by atoms with Gasteiger partial charge < -0.3 is 9.73 Å². The average molecular weight is 308 g/mol. The highest BCUT2D eigenvalue weighted by Gasteiger charge is 2.24. The fourth-order valence-electron chi connectivity index (χ4n) is 2.11. The normalized spacial score (nSPS) is 12.0. The van der Waals surface area contributed by atoms with E-state index in [0.717, 1.165) is 5.56 Å². The predicted molar refractivity (Wildman–Crippen MR) is 81.2 cm³/mol. The van der Waals surface area contributed by atoms with Gasteiger partial charge >= 0.3 is 0 Å². The number of nitrogens with zero attached hydrogens (tertiary/aromatic N) is 1. The Balaban J connectivity index is 2.28. The van der Waals surface area contributed by atoms with Crippen molar-refractivity contribution in [3.63, 3.8) is 0 Å². The summed E-state index contributed by atoms with van der Waals surface area (Å²) in [6, 6.07) is 10.5. The molecule has 0 unspecified atom stereocenters. The van der Waals surface area contributed by atoms with E-state index in [-0.39, 0.29) is 6.54 Å².